The summed E-state index contributed by atoms with van der Waals surface area (Å²) in [6.07, 6.45) is 0. The maximum atomic E-state index is 5.37. The standard InChI is InChI=1S/C17H25N3OS/c1-17(2,3)13-4-5-14-15(12-13)22-16(19-14)18-6-7-20-8-10-21-11-9-20/h4-5,12H,6-11H2,1-3H3,(H,18,19). The number of thiazole rings is 1. The van der Waals surface area contributed by atoms with Gasteiger partial charge in [0.05, 0.1) is 23.4 Å². The van der Waals surface area contributed by atoms with Gasteiger partial charge in [-0.05, 0) is 23.1 Å². The molecule has 0 saturated carbocycles. The molecule has 0 aliphatic carbocycles. The highest BCUT2D eigenvalue weighted by Gasteiger charge is 2.15. The van der Waals surface area contributed by atoms with Gasteiger partial charge in [0.15, 0.2) is 5.13 Å². The monoisotopic (exact) mass is 319 g/mol. The van der Waals surface area contributed by atoms with Crippen LogP contribution in [0.5, 0.6) is 0 Å². The molecule has 0 unspecified atom stereocenters. The van der Waals surface area contributed by atoms with Crippen LogP contribution in [0, 0.1) is 0 Å². The van der Waals surface area contributed by atoms with Gasteiger partial charge in [0, 0.05) is 26.2 Å². The van der Waals surface area contributed by atoms with Gasteiger partial charge in [-0.3, -0.25) is 4.90 Å². The number of hydrogen-bond acceptors (Lipinski definition) is 5. The average Bonchev–Trinajstić information content (AvgIpc) is 2.89. The van der Waals surface area contributed by atoms with Gasteiger partial charge >= 0.3 is 0 Å². The van der Waals surface area contributed by atoms with Crippen LogP contribution in [0.3, 0.4) is 0 Å². The second kappa shape index (κ2) is 6.52. The molecule has 1 aliphatic heterocycles. The molecule has 0 spiro atoms. The third-order valence-electron chi connectivity index (χ3n) is 4.06. The highest BCUT2D eigenvalue weighted by atomic mass is 32.1. The first-order valence-corrected chi connectivity index (χ1v) is 8.79. The van der Waals surface area contributed by atoms with E-state index in [1.165, 1.54) is 10.3 Å². The van der Waals surface area contributed by atoms with Crippen LogP contribution in [0.1, 0.15) is 26.3 Å². The van der Waals surface area contributed by atoms with Crippen molar-refractivity contribution in [3.05, 3.63) is 23.8 Å². The first-order chi connectivity index (χ1) is 10.5. The number of rotatable bonds is 4. The summed E-state index contributed by atoms with van der Waals surface area (Å²) in [4.78, 5) is 7.11. The summed E-state index contributed by atoms with van der Waals surface area (Å²) in [6.45, 7) is 12.5. The normalized spacial score (nSPS) is 17.0. The van der Waals surface area contributed by atoms with Gasteiger partial charge in [0.1, 0.15) is 0 Å². The van der Waals surface area contributed by atoms with Crippen molar-refractivity contribution in [3.63, 3.8) is 0 Å². The van der Waals surface area contributed by atoms with E-state index in [9.17, 15) is 0 Å². The zero-order chi connectivity index (χ0) is 15.6. The van der Waals surface area contributed by atoms with Crippen LogP contribution < -0.4 is 5.32 Å². The Balaban J connectivity index is 1.62. The maximum Gasteiger partial charge on any atom is 0.183 e. The summed E-state index contributed by atoms with van der Waals surface area (Å²) in [6, 6.07) is 6.61. The zero-order valence-electron chi connectivity index (χ0n) is 13.7. The number of nitrogens with zero attached hydrogens (tertiary/aromatic N) is 2. The quantitative estimate of drug-likeness (QED) is 0.938. The second-order valence-electron chi connectivity index (χ2n) is 6.83. The Bertz CT molecular complexity index is 626. The van der Waals surface area contributed by atoms with E-state index in [2.05, 4.69) is 54.2 Å². The molecule has 0 radical (unpaired) electrons. The molecule has 2 heterocycles. The van der Waals surface area contributed by atoms with E-state index in [-0.39, 0.29) is 5.41 Å². The number of nitrogens with one attached hydrogen (secondary N) is 1. The smallest absolute Gasteiger partial charge is 0.183 e. The van der Waals surface area contributed by atoms with Crippen molar-refractivity contribution in [2.45, 2.75) is 26.2 Å². The summed E-state index contributed by atoms with van der Waals surface area (Å²) in [5.41, 5.74) is 2.64. The van der Waals surface area contributed by atoms with E-state index in [4.69, 9.17) is 4.74 Å². The molecule has 3 rings (SSSR count). The maximum absolute atomic E-state index is 5.37. The lowest BCUT2D eigenvalue weighted by Crippen LogP contribution is -2.38. The summed E-state index contributed by atoms with van der Waals surface area (Å²) in [7, 11) is 0. The molecule has 22 heavy (non-hydrogen) atoms. The van der Waals surface area contributed by atoms with Gasteiger partial charge in [-0.1, -0.05) is 38.2 Å². The summed E-state index contributed by atoms with van der Waals surface area (Å²) in [5, 5.41) is 4.49. The Hall–Kier alpha value is -1.17. The van der Waals surface area contributed by atoms with Crippen molar-refractivity contribution in [2.75, 3.05) is 44.7 Å². The minimum absolute atomic E-state index is 0.183. The first-order valence-electron chi connectivity index (χ1n) is 7.97. The fourth-order valence-electron chi connectivity index (χ4n) is 2.61. The fraction of sp³-hybridized carbons (Fsp3) is 0.588. The topological polar surface area (TPSA) is 37.4 Å². The number of ether oxygens (including phenoxy) is 1. The molecule has 0 amide bonds. The van der Waals surface area contributed by atoms with Crippen LogP contribution in [0.4, 0.5) is 5.13 Å². The molecular formula is C17H25N3OS. The summed E-state index contributed by atoms with van der Waals surface area (Å²) < 4.78 is 6.64. The lowest BCUT2D eigenvalue weighted by Gasteiger charge is -2.26. The molecule has 0 atom stereocenters. The summed E-state index contributed by atoms with van der Waals surface area (Å²) >= 11 is 1.75. The highest BCUT2D eigenvalue weighted by Crippen LogP contribution is 2.31. The number of benzene rings is 1. The largest absolute Gasteiger partial charge is 0.379 e. The number of anilines is 1. The van der Waals surface area contributed by atoms with Crippen molar-refractivity contribution in [2.24, 2.45) is 0 Å². The van der Waals surface area contributed by atoms with E-state index < -0.39 is 0 Å². The molecule has 2 aromatic rings. The Kier molecular flexibility index (Phi) is 4.66. The lowest BCUT2D eigenvalue weighted by molar-refractivity contribution is 0.0398. The zero-order valence-corrected chi connectivity index (χ0v) is 14.5. The van der Waals surface area contributed by atoms with Crippen LogP contribution in [-0.4, -0.2) is 49.3 Å². The molecule has 0 bridgehead atoms. The molecule has 1 aromatic carbocycles. The van der Waals surface area contributed by atoms with Gasteiger partial charge in [-0.25, -0.2) is 4.98 Å². The van der Waals surface area contributed by atoms with Crippen molar-refractivity contribution in [3.8, 4) is 0 Å². The Morgan fingerprint density at radius 1 is 1.27 bits per heavy atom. The fourth-order valence-corrected chi connectivity index (χ4v) is 3.54. The molecular weight excluding hydrogens is 294 g/mol. The Morgan fingerprint density at radius 2 is 2.05 bits per heavy atom. The van der Waals surface area contributed by atoms with Crippen molar-refractivity contribution < 1.29 is 4.74 Å². The van der Waals surface area contributed by atoms with Gasteiger partial charge in [0.25, 0.3) is 0 Å². The van der Waals surface area contributed by atoms with E-state index >= 15 is 0 Å². The lowest BCUT2D eigenvalue weighted by atomic mass is 9.87. The molecule has 120 valence electrons. The van der Waals surface area contributed by atoms with E-state index in [1.54, 1.807) is 11.3 Å². The molecule has 1 saturated heterocycles. The van der Waals surface area contributed by atoms with Crippen LogP contribution in [-0.2, 0) is 10.2 Å². The minimum Gasteiger partial charge on any atom is -0.379 e. The SMILES string of the molecule is CC(C)(C)c1ccc2nc(NCCN3CCOCC3)sc2c1. The molecule has 1 aromatic heterocycles. The second-order valence-corrected chi connectivity index (χ2v) is 7.86. The van der Waals surface area contributed by atoms with E-state index in [0.29, 0.717) is 0 Å². The van der Waals surface area contributed by atoms with Gasteiger partial charge in [-0.15, -0.1) is 0 Å². The van der Waals surface area contributed by atoms with Crippen LogP contribution in [0.25, 0.3) is 10.2 Å². The van der Waals surface area contributed by atoms with Crippen molar-refractivity contribution in [1.29, 1.82) is 0 Å². The van der Waals surface area contributed by atoms with Crippen LogP contribution in [0.2, 0.25) is 0 Å². The number of fused-ring (bicyclic) bond motifs is 1. The third-order valence-corrected chi connectivity index (χ3v) is 5.04. The molecule has 1 aliphatic rings. The number of aromatic nitrogens is 1. The Labute approximate surface area is 136 Å². The highest BCUT2D eigenvalue weighted by molar-refractivity contribution is 7.22. The van der Waals surface area contributed by atoms with Crippen molar-refractivity contribution >= 4 is 26.7 Å². The molecule has 1 N–H and O–H groups in total. The molecule has 5 heteroatoms. The Morgan fingerprint density at radius 3 is 2.77 bits per heavy atom. The average molecular weight is 319 g/mol. The van der Waals surface area contributed by atoms with Gasteiger partial charge in [-0.2, -0.15) is 0 Å². The molecule has 4 nitrogen and oxygen atoms in total. The van der Waals surface area contributed by atoms with Gasteiger partial charge in [0.2, 0.25) is 0 Å². The van der Waals surface area contributed by atoms with Crippen LogP contribution >= 0.6 is 11.3 Å². The predicted octanol–water partition coefficient (Wildman–Crippen LogP) is 3.34. The minimum atomic E-state index is 0.183. The predicted molar refractivity (Wildman–Crippen MR) is 94.1 cm³/mol. The number of morpholine rings is 1. The molecule has 1 fully saturated rings. The van der Waals surface area contributed by atoms with E-state index in [0.717, 1.165) is 50.0 Å². The van der Waals surface area contributed by atoms with E-state index in [1.807, 2.05) is 0 Å². The summed E-state index contributed by atoms with van der Waals surface area (Å²) in [5.74, 6) is 0. The van der Waals surface area contributed by atoms with Gasteiger partial charge < -0.3 is 10.1 Å². The van der Waals surface area contributed by atoms with Crippen molar-refractivity contribution in [1.82, 2.24) is 9.88 Å². The first kappa shape index (κ1) is 15.7. The number of hydrogen-bond donors (Lipinski definition) is 1. The van der Waals surface area contributed by atoms with Crippen LogP contribution in [0.15, 0.2) is 18.2 Å². The third kappa shape index (κ3) is 3.77.